The van der Waals surface area contributed by atoms with Crippen LogP contribution in [0.1, 0.15) is 6.42 Å². The largest absolute Gasteiger partial charge is 0.406 e. The first-order chi connectivity index (χ1) is 12.7. The molecule has 1 saturated heterocycles. The van der Waals surface area contributed by atoms with Crippen LogP contribution in [0, 0.1) is 5.92 Å². The summed E-state index contributed by atoms with van der Waals surface area (Å²) in [5, 5.41) is 4.75. The van der Waals surface area contributed by atoms with Gasteiger partial charge in [0.1, 0.15) is 6.54 Å². The van der Waals surface area contributed by atoms with E-state index < -0.39 is 30.5 Å². The highest BCUT2D eigenvalue weighted by Crippen LogP contribution is 2.28. The highest BCUT2D eigenvalue weighted by atomic mass is 32.2. The number of thioether (sulfide) groups is 1. The maximum Gasteiger partial charge on any atom is 0.406 e. The molecular weight excluding hydrogens is 399 g/mol. The number of thiazole rings is 1. The van der Waals surface area contributed by atoms with Crippen LogP contribution in [0.5, 0.6) is 0 Å². The molecule has 10 heteroatoms. The topological polar surface area (TPSA) is 62.3 Å². The van der Waals surface area contributed by atoms with Gasteiger partial charge in [0.05, 0.1) is 11.6 Å². The van der Waals surface area contributed by atoms with Gasteiger partial charge in [-0.15, -0.1) is 23.1 Å². The molecule has 0 spiro atoms. The molecule has 27 heavy (non-hydrogen) atoms. The summed E-state index contributed by atoms with van der Waals surface area (Å²) < 4.78 is 37.4. The molecule has 0 radical (unpaired) electrons. The van der Waals surface area contributed by atoms with E-state index in [1.807, 2.05) is 30.5 Å². The lowest BCUT2D eigenvalue weighted by Gasteiger charge is -2.18. The molecule has 1 N–H and O–H groups in total. The number of hydrogen-bond acceptors (Lipinski definition) is 5. The van der Waals surface area contributed by atoms with E-state index in [-0.39, 0.29) is 13.0 Å². The van der Waals surface area contributed by atoms with Crippen LogP contribution in [-0.4, -0.2) is 47.2 Å². The molecule has 1 fully saturated rings. The van der Waals surface area contributed by atoms with Crippen LogP contribution in [0.3, 0.4) is 0 Å². The number of amides is 2. The van der Waals surface area contributed by atoms with E-state index in [2.05, 4.69) is 10.3 Å². The number of nitrogens with one attached hydrogen (secondary N) is 1. The van der Waals surface area contributed by atoms with Gasteiger partial charge in [-0.2, -0.15) is 13.2 Å². The van der Waals surface area contributed by atoms with Gasteiger partial charge in [0, 0.05) is 28.8 Å². The van der Waals surface area contributed by atoms with Crippen LogP contribution in [0.2, 0.25) is 0 Å². The molecule has 0 bridgehead atoms. The maximum atomic E-state index is 12.5. The zero-order valence-corrected chi connectivity index (χ0v) is 15.9. The molecule has 1 aromatic heterocycles. The van der Waals surface area contributed by atoms with E-state index in [4.69, 9.17) is 0 Å². The van der Waals surface area contributed by atoms with Crippen molar-refractivity contribution in [3.05, 3.63) is 29.6 Å². The van der Waals surface area contributed by atoms with Crippen LogP contribution >= 0.6 is 23.1 Å². The van der Waals surface area contributed by atoms with Gasteiger partial charge in [-0.05, 0) is 18.4 Å². The van der Waals surface area contributed by atoms with Crippen LogP contribution in [0.15, 0.2) is 34.5 Å². The van der Waals surface area contributed by atoms with Crippen LogP contribution in [-0.2, 0) is 9.59 Å². The summed E-state index contributed by atoms with van der Waals surface area (Å²) in [7, 11) is 0. The zero-order valence-electron chi connectivity index (χ0n) is 14.2. The standard InChI is InChI=1S/C17H16F3N3O2S2/c1-26-12-4-2-10(3-5-12)13-8-27-16(21-13)22-15(25)11-6-14(24)23(7-11)9-17(18,19)20/h2-5,8,11H,6-7,9H2,1H3,(H,21,22,25)/t11-/m0/s1. The molecule has 2 aromatic rings. The lowest BCUT2D eigenvalue weighted by Crippen LogP contribution is -2.36. The van der Waals surface area contributed by atoms with Crippen molar-refractivity contribution in [1.82, 2.24) is 9.88 Å². The molecular formula is C17H16F3N3O2S2. The maximum absolute atomic E-state index is 12.5. The van der Waals surface area contributed by atoms with E-state index in [1.54, 1.807) is 17.1 Å². The van der Waals surface area contributed by atoms with Crippen LogP contribution < -0.4 is 5.32 Å². The highest BCUT2D eigenvalue weighted by molar-refractivity contribution is 7.98. The Kier molecular flexibility index (Phi) is 5.75. The number of alkyl halides is 3. The molecule has 0 saturated carbocycles. The van der Waals surface area contributed by atoms with Gasteiger partial charge in [-0.25, -0.2) is 4.98 Å². The Morgan fingerprint density at radius 2 is 2.07 bits per heavy atom. The number of benzene rings is 1. The summed E-state index contributed by atoms with van der Waals surface area (Å²) >= 11 is 2.85. The number of rotatable bonds is 5. The third kappa shape index (κ3) is 5.01. The first kappa shape index (κ1) is 19.7. The van der Waals surface area contributed by atoms with Gasteiger partial charge in [0.15, 0.2) is 5.13 Å². The fourth-order valence-electron chi connectivity index (χ4n) is 2.75. The average Bonchev–Trinajstić information content (AvgIpc) is 3.21. The first-order valence-electron chi connectivity index (χ1n) is 8.00. The molecule has 5 nitrogen and oxygen atoms in total. The van der Waals surface area contributed by atoms with Crippen molar-refractivity contribution in [2.24, 2.45) is 5.92 Å². The fraction of sp³-hybridized carbons (Fsp3) is 0.353. The average molecular weight is 415 g/mol. The molecule has 3 rings (SSSR count). The molecule has 2 amide bonds. The Balaban J connectivity index is 1.62. The van der Waals surface area contributed by atoms with Gasteiger partial charge in [0.25, 0.3) is 0 Å². The summed E-state index contributed by atoms with van der Waals surface area (Å²) in [5.41, 5.74) is 1.60. The summed E-state index contributed by atoms with van der Waals surface area (Å²) in [6.07, 6.45) is -2.72. The highest BCUT2D eigenvalue weighted by Gasteiger charge is 2.40. The predicted octanol–water partition coefficient (Wildman–Crippen LogP) is 3.88. The molecule has 1 aliphatic rings. The first-order valence-corrected chi connectivity index (χ1v) is 10.1. The molecule has 0 aliphatic carbocycles. The Morgan fingerprint density at radius 3 is 2.70 bits per heavy atom. The number of likely N-dealkylation sites (tertiary alicyclic amines) is 1. The fourth-order valence-corrected chi connectivity index (χ4v) is 3.88. The smallest absolute Gasteiger partial charge is 0.333 e. The van der Waals surface area contributed by atoms with Crippen molar-refractivity contribution in [3.63, 3.8) is 0 Å². The van der Waals surface area contributed by atoms with Crippen molar-refractivity contribution in [2.45, 2.75) is 17.5 Å². The second kappa shape index (κ2) is 7.89. The van der Waals surface area contributed by atoms with Gasteiger partial charge in [-0.1, -0.05) is 12.1 Å². The summed E-state index contributed by atoms with van der Waals surface area (Å²) in [6.45, 7) is -1.57. The van der Waals surface area contributed by atoms with E-state index in [9.17, 15) is 22.8 Å². The predicted molar refractivity (Wildman–Crippen MR) is 98.7 cm³/mol. The third-order valence-corrected chi connectivity index (χ3v) is 5.58. The van der Waals surface area contributed by atoms with Gasteiger partial charge >= 0.3 is 6.18 Å². The SMILES string of the molecule is CSc1ccc(-c2csc(NC(=O)[C@H]3CC(=O)N(CC(F)(F)F)C3)n2)cc1. The Bertz CT molecular complexity index is 837. The number of anilines is 1. The van der Waals surface area contributed by atoms with E-state index in [0.29, 0.717) is 15.7 Å². The number of carbonyl (C=O) groups excluding carboxylic acids is 2. The number of aromatic nitrogens is 1. The quantitative estimate of drug-likeness (QED) is 0.753. The second-order valence-corrected chi connectivity index (χ2v) is 7.78. The van der Waals surface area contributed by atoms with Crippen molar-refractivity contribution in [2.75, 3.05) is 24.7 Å². The Hall–Kier alpha value is -2.07. The zero-order chi connectivity index (χ0) is 19.6. The monoisotopic (exact) mass is 415 g/mol. The van der Waals surface area contributed by atoms with Crippen molar-refractivity contribution < 1.29 is 22.8 Å². The van der Waals surface area contributed by atoms with Crippen LogP contribution in [0.25, 0.3) is 11.3 Å². The second-order valence-electron chi connectivity index (χ2n) is 6.05. The minimum Gasteiger partial charge on any atom is -0.333 e. The van der Waals surface area contributed by atoms with E-state index in [0.717, 1.165) is 10.5 Å². The molecule has 1 aromatic carbocycles. The molecule has 1 atom stereocenters. The molecule has 0 unspecified atom stereocenters. The molecule has 2 heterocycles. The lowest BCUT2D eigenvalue weighted by atomic mass is 10.1. The number of carbonyl (C=O) groups is 2. The Labute approximate surface area is 162 Å². The molecule has 144 valence electrons. The summed E-state index contributed by atoms with van der Waals surface area (Å²) in [5.74, 6) is -1.97. The third-order valence-electron chi connectivity index (χ3n) is 4.08. The Morgan fingerprint density at radius 1 is 1.37 bits per heavy atom. The number of halogens is 3. The van der Waals surface area contributed by atoms with Crippen molar-refractivity contribution in [1.29, 1.82) is 0 Å². The number of hydrogen-bond donors (Lipinski definition) is 1. The van der Waals surface area contributed by atoms with Crippen molar-refractivity contribution >= 4 is 40.0 Å². The summed E-state index contributed by atoms with van der Waals surface area (Å²) in [4.78, 5) is 30.1. The van der Waals surface area contributed by atoms with Crippen LogP contribution in [0.4, 0.5) is 18.3 Å². The van der Waals surface area contributed by atoms with E-state index in [1.165, 1.54) is 11.3 Å². The van der Waals surface area contributed by atoms with Gasteiger partial charge < -0.3 is 10.2 Å². The van der Waals surface area contributed by atoms with Gasteiger partial charge in [-0.3, -0.25) is 9.59 Å². The minimum absolute atomic E-state index is 0.226. The number of nitrogens with zero attached hydrogens (tertiary/aromatic N) is 2. The summed E-state index contributed by atoms with van der Waals surface area (Å²) in [6, 6.07) is 7.79. The lowest BCUT2D eigenvalue weighted by molar-refractivity contribution is -0.157. The normalized spacial score (nSPS) is 17.4. The minimum atomic E-state index is -4.48. The van der Waals surface area contributed by atoms with Crippen molar-refractivity contribution in [3.8, 4) is 11.3 Å². The van der Waals surface area contributed by atoms with Gasteiger partial charge in [0.2, 0.25) is 11.8 Å². The van der Waals surface area contributed by atoms with E-state index >= 15 is 0 Å². The molecule has 1 aliphatic heterocycles.